The van der Waals surface area contributed by atoms with Crippen LogP contribution in [0.2, 0.25) is 0 Å². The predicted molar refractivity (Wildman–Crippen MR) is 78.9 cm³/mol. The van der Waals surface area contributed by atoms with Gasteiger partial charge in [0.15, 0.2) is 0 Å². The van der Waals surface area contributed by atoms with Crippen LogP contribution >= 0.6 is 0 Å². The smallest absolute Gasteiger partial charge is 0.328 e. The lowest BCUT2D eigenvalue weighted by Crippen LogP contribution is -1.97. The summed E-state index contributed by atoms with van der Waals surface area (Å²) >= 11 is 0. The van der Waals surface area contributed by atoms with Crippen LogP contribution in [0.3, 0.4) is 0 Å². The maximum Gasteiger partial charge on any atom is 0.328 e. The molecule has 0 aliphatic rings. The highest BCUT2D eigenvalue weighted by Crippen LogP contribution is 2.30. The van der Waals surface area contributed by atoms with Crippen molar-refractivity contribution >= 4 is 11.5 Å². The molecule has 0 aliphatic carbocycles. The Kier molecular flexibility index (Phi) is 4.20. The van der Waals surface area contributed by atoms with Crippen LogP contribution in [0.4, 0.5) is 0 Å². The highest BCUT2D eigenvalue weighted by Gasteiger charge is 2.11. The Labute approximate surface area is 118 Å². The van der Waals surface area contributed by atoms with Crippen molar-refractivity contribution in [2.45, 2.75) is 6.92 Å². The average molecular weight is 268 g/mol. The Hall–Kier alpha value is -2.55. The van der Waals surface area contributed by atoms with Crippen LogP contribution in [-0.2, 0) is 4.79 Å². The van der Waals surface area contributed by atoms with Crippen molar-refractivity contribution < 1.29 is 14.6 Å². The van der Waals surface area contributed by atoms with E-state index in [9.17, 15) is 4.79 Å². The number of ether oxygens (including phenoxy) is 1. The molecule has 0 spiro atoms. The van der Waals surface area contributed by atoms with Crippen LogP contribution in [0.5, 0.6) is 5.75 Å². The van der Waals surface area contributed by atoms with Gasteiger partial charge < -0.3 is 9.84 Å². The van der Waals surface area contributed by atoms with Gasteiger partial charge in [0.05, 0.1) is 7.11 Å². The van der Waals surface area contributed by atoms with Gasteiger partial charge >= 0.3 is 5.97 Å². The van der Waals surface area contributed by atoms with Crippen LogP contribution in [0.15, 0.2) is 54.6 Å². The fraction of sp³-hybridized carbons (Fsp3) is 0.118. The van der Waals surface area contributed by atoms with Gasteiger partial charge in [0.25, 0.3) is 0 Å². The molecule has 0 radical (unpaired) electrons. The highest BCUT2D eigenvalue weighted by atomic mass is 16.5. The van der Waals surface area contributed by atoms with E-state index < -0.39 is 5.97 Å². The van der Waals surface area contributed by atoms with Gasteiger partial charge in [-0.25, -0.2) is 4.79 Å². The maximum absolute atomic E-state index is 11.1. The number of methoxy groups -OCH3 is 1. The largest absolute Gasteiger partial charge is 0.496 e. The Balaban J connectivity index is 2.59. The minimum atomic E-state index is -0.980. The highest BCUT2D eigenvalue weighted by molar-refractivity contribution is 5.96. The summed E-state index contributed by atoms with van der Waals surface area (Å²) in [5.74, 6) is -0.327. The Bertz CT molecular complexity index is 640. The molecule has 3 heteroatoms. The van der Waals surface area contributed by atoms with Gasteiger partial charge in [-0.15, -0.1) is 0 Å². The SMILES string of the molecule is COc1ccccc1/C(=C\C(=O)O)c1ccc(C)cc1. The summed E-state index contributed by atoms with van der Waals surface area (Å²) in [4.78, 5) is 11.1. The number of hydrogen-bond donors (Lipinski definition) is 1. The number of para-hydroxylation sites is 1. The van der Waals surface area contributed by atoms with Crippen molar-refractivity contribution in [3.05, 3.63) is 71.3 Å². The molecule has 102 valence electrons. The standard InChI is InChI=1S/C17H16O3/c1-12-7-9-13(10-8-12)15(11-17(18)19)14-5-3-4-6-16(14)20-2/h3-11H,1-2H3,(H,18,19)/b15-11-. The molecule has 3 nitrogen and oxygen atoms in total. The third-order valence-corrected chi connectivity index (χ3v) is 3.03. The molecule has 0 aliphatic heterocycles. The number of aryl methyl sites for hydroxylation is 1. The Morgan fingerprint density at radius 1 is 1.10 bits per heavy atom. The molecule has 0 bridgehead atoms. The Morgan fingerprint density at radius 2 is 1.75 bits per heavy atom. The minimum absolute atomic E-state index is 0.634. The first-order chi connectivity index (χ1) is 9.61. The lowest BCUT2D eigenvalue weighted by Gasteiger charge is -2.12. The van der Waals surface area contributed by atoms with E-state index in [1.165, 1.54) is 6.08 Å². The molecule has 2 aromatic carbocycles. The molecule has 0 aromatic heterocycles. The predicted octanol–water partition coefficient (Wildman–Crippen LogP) is 3.52. The summed E-state index contributed by atoms with van der Waals surface area (Å²) in [7, 11) is 1.58. The summed E-state index contributed by atoms with van der Waals surface area (Å²) in [5.41, 5.74) is 3.38. The summed E-state index contributed by atoms with van der Waals surface area (Å²) < 4.78 is 5.32. The van der Waals surface area contributed by atoms with Crippen molar-refractivity contribution in [1.29, 1.82) is 0 Å². The number of aliphatic carboxylic acids is 1. The summed E-state index contributed by atoms with van der Waals surface area (Å²) in [6.07, 6.45) is 1.21. The van der Waals surface area contributed by atoms with E-state index in [1.807, 2.05) is 55.5 Å². The van der Waals surface area contributed by atoms with Gasteiger partial charge in [-0.05, 0) is 24.1 Å². The van der Waals surface area contributed by atoms with E-state index in [0.717, 1.165) is 16.7 Å². The first kappa shape index (κ1) is 13.9. The van der Waals surface area contributed by atoms with Gasteiger partial charge in [-0.3, -0.25) is 0 Å². The quantitative estimate of drug-likeness (QED) is 0.863. The second-order valence-corrected chi connectivity index (χ2v) is 4.46. The second kappa shape index (κ2) is 6.06. The normalized spacial score (nSPS) is 11.2. The van der Waals surface area contributed by atoms with Gasteiger partial charge in [0.1, 0.15) is 5.75 Å². The lowest BCUT2D eigenvalue weighted by molar-refractivity contribution is -0.131. The second-order valence-electron chi connectivity index (χ2n) is 4.46. The van der Waals surface area contributed by atoms with Gasteiger partial charge in [0.2, 0.25) is 0 Å². The van der Waals surface area contributed by atoms with E-state index in [-0.39, 0.29) is 0 Å². The molecular formula is C17H16O3. The van der Waals surface area contributed by atoms with Gasteiger partial charge in [0, 0.05) is 11.6 Å². The van der Waals surface area contributed by atoms with E-state index >= 15 is 0 Å². The van der Waals surface area contributed by atoms with E-state index in [2.05, 4.69) is 0 Å². The number of hydrogen-bond acceptors (Lipinski definition) is 2. The number of carboxylic acids is 1. The summed E-state index contributed by atoms with van der Waals surface area (Å²) in [6.45, 7) is 1.99. The maximum atomic E-state index is 11.1. The van der Waals surface area contributed by atoms with Crippen LogP contribution in [-0.4, -0.2) is 18.2 Å². The molecular weight excluding hydrogens is 252 g/mol. The zero-order chi connectivity index (χ0) is 14.5. The fourth-order valence-corrected chi connectivity index (χ4v) is 2.04. The van der Waals surface area contributed by atoms with Crippen molar-refractivity contribution in [3.63, 3.8) is 0 Å². The molecule has 0 amide bonds. The monoisotopic (exact) mass is 268 g/mol. The minimum Gasteiger partial charge on any atom is -0.496 e. The molecule has 0 heterocycles. The molecule has 0 atom stereocenters. The van der Waals surface area contributed by atoms with Crippen molar-refractivity contribution in [1.82, 2.24) is 0 Å². The van der Waals surface area contributed by atoms with Crippen LogP contribution in [0.1, 0.15) is 16.7 Å². The molecule has 2 rings (SSSR count). The van der Waals surface area contributed by atoms with Gasteiger partial charge in [-0.1, -0.05) is 48.0 Å². The van der Waals surface area contributed by atoms with Crippen molar-refractivity contribution in [2.24, 2.45) is 0 Å². The molecule has 2 aromatic rings. The number of rotatable bonds is 4. The zero-order valence-electron chi connectivity index (χ0n) is 11.5. The Morgan fingerprint density at radius 3 is 2.35 bits per heavy atom. The van der Waals surface area contributed by atoms with Crippen LogP contribution in [0, 0.1) is 6.92 Å². The molecule has 0 saturated heterocycles. The number of carboxylic acid groups (broad SMARTS) is 1. The van der Waals surface area contributed by atoms with Gasteiger partial charge in [-0.2, -0.15) is 0 Å². The zero-order valence-corrected chi connectivity index (χ0v) is 11.5. The van der Waals surface area contributed by atoms with E-state index in [4.69, 9.17) is 9.84 Å². The molecule has 20 heavy (non-hydrogen) atoms. The van der Waals surface area contributed by atoms with Crippen molar-refractivity contribution in [3.8, 4) is 5.75 Å². The first-order valence-electron chi connectivity index (χ1n) is 6.27. The third-order valence-electron chi connectivity index (χ3n) is 3.03. The fourth-order valence-electron chi connectivity index (χ4n) is 2.04. The average Bonchev–Trinajstić information content (AvgIpc) is 2.45. The number of benzene rings is 2. The summed E-state index contributed by atoms with van der Waals surface area (Å²) in [6, 6.07) is 15.1. The number of carbonyl (C=O) groups is 1. The molecule has 0 saturated carbocycles. The van der Waals surface area contributed by atoms with E-state index in [0.29, 0.717) is 11.3 Å². The molecule has 1 N–H and O–H groups in total. The van der Waals surface area contributed by atoms with Crippen LogP contribution in [0.25, 0.3) is 5.57 Å². The van der Waals surface area contributed by atoms with E-state index in [1.54, 1.807) is 7.11 Å². The van der Waals surface area contributed by atoms with Crippen molar-refractivity contribution in [2.75, 3.05) is 7.11 Å². The molecule has 0 unspecified atom stereocenters. The van der Waals surface area contributed by atoms with Crippen LogP contribution < -0.4 is 4.74 Å². The third kappa shape index (κ3) is 3.06. The summed E-state index contributed by atoms with van der Waals surface area (Å²) in [5, 5.41) is 9.11. The first-order valence-corrected chi connectivity index (χ1v) is 6.27. The molecule has 0 fully saturated rings. The topological polar surface area (TPSA) is 46.5 Å². The lowest BCUT2D eigenvalue weighted by atomic mass is 9.96.